The summed E-state index contributed by atoms with van der Waals surface area (Å²) in [5, 5.41) is 18.7. The second kappa shape index (κ2) is 11.5. The fraction of sp³-hybridized carbons (Fsp3) is 0.286. The first-order chi connectivity index (χ1) is 21.4. The Labute approximate surface area is 263 Å². The molecule has 224 valence electrons. The normalized spacial score (nSPS) is 27.7. The molecule has 0 aliphatic carbocycles. The maximum atomic E-state index is 14.5. The van der Waals surface area contributed by atoms with Gasteiger partial charge in [0.05, 0.1) is 30.6 Å². The number of amides is 3. The van der Waals surface area contributed by atoms with Crippen molar-refractivity contribution < 1.29 is 24.2 Å². The summed E-state index contributed by atoms with van der Waals surface area (Å²) in [4.78, 5) is 44.0. The molecule has 0 saturated carbocycles. The molecule has 4 aromatic carbocycles. The van der Waals surface area contributed by atoms with Crippen molar-refractivity contribution in [2.45, 2.75) is 41.5 Å². The quantitative estimate of drug-likeness (QED) is 0.238. The van der Waals surface area contributed by atoms with Crippen LogP contribution in [0.2, 0.25) is 0 Å². The summed E-state index contributed by atoms with van der Waals surface area (Å²) >= 11 is 3.72. The molecular formula is C35H32BrN3O5. The molecule has 0 aromatic heterocycles. The molecule has 3 aliphatic heterocycles. The van der Waals surface area contributed by atoms with Crippen LogP contribution in [-0.4, -0.2) is 63.0 Å². The third-order valence-corrected chi connectivity index (χ3v) is 10.1. The zero-order valence-electron chi connectivity index (χ0n) is 23.8. The number of halogens is 1. The van der Waals surface area contributed by atoms with Crippen molar-refractivity contribution in [3.8, 4) is 0 Å². The SMILES string of the molecule is O=C(Nc1ccc2ccccc2c1)C1N([C@@H](CO)Cc2ccccc2)C(=O)[C@@H]2[C@@H](C(=O)Nc3ccccc3)[C@@H]3OC12CC3Br. The summed E-state index contributed by atoms with van der Waals surface area (Å²) in [5.74, 6) is -2.80. The summed E-state index contributed by atoms with van der Waals surface area (Å²) < 4.78 is 6.64. The van der Waals surface area contributed by atoms with Gasteiger partial charge in [0.25, 0.3) is 0 Å². The lowest BCUT2D eigenvalue weighted by atomic mass is 9.70. The first-order valence-corrected chi connectivity index (χ1v) is 15.8. The second-order valence-electron chi connectivity index (χ2n) is 11.8. The highest BCUT2D eigenvalue weighted by atomic mass is 79.9. The summed E-state index contributed by atoms with van der Waals surface area (Å²) in [5.41, 5.74) is 0.876. The van der Waals surface area contributed by atoms with Gasteiger partial charge >= 0.3 is 0 Å². The molecule has 3 heterocycles. The number of carbonyl (C=O) groups excluding carboxylic acids is 3. The van der Waals surface area contributed by atoms with Crippen LogP contribution in [0.1, 0.15) is 12.0 Å². The van der Waals surface area contributed by atoms with Crippen LogP contribution >= 0.6 is 15.9 Å². The molecule has 9 heteroatoms. The van der Waals surface area contributed by atoms with Crippen molar-refractivity contribution in [2.24, 2.45) is 11.8 Å². The molecule has 1 spiro atoms. The van der Waals surface area contributed by atoms with E-state index in [0.29, 0.717) is 24.2 Å². The van der Waals surface area contributed by atoms with Crippen molar-refractivity contribution >= 4 is 55.8 Å². The van der Waals surface area contributed by atoms with E-state index < -0.39 is 41.5 Å². The molecule has 3 aliphatic rings. The average Bonchev–Trinajstić information content (AvgIpc) is 3.64. The summed E-state index contributed by atoms with van der Waals surface area (Å²) in [6.45, 7) is -0.356. The van der Waals surface area contributed by atoms with Crippen molar-refractivity contribution in [3.05, 3.63) is 109 Å². The first kappa shape index (κ1) is 28.7. The molecule has 3 N–H and O–H groups in total. The Morgan fingerprint density at radius 3 is 2.27 bits per heavy atom. The smallest absolute Gasteiger partial charge is 0.250 e. The lowest BCUT2D eigenvalue weighted by Crippen LogP contribution is -2.57. The summed E-state index contributed by atoms with van der Waals surface area (Å²) in [7, 11) is 0. The Morgan fingerprint density at radius 2 is 1.55 bits per heavy atom. The lowest BCUT2D eigenvalue weighted by Gasteiger charge is -2.37. The predicted molar refractivity (Wildman–Crippen MR) is 171 cm³/mol. The number of alkyl halides is 1. The Balaban J connectivity index is 1.27. The van der Waals surface area contributed by atoms with Crippen molar-refractivity contribution in [1.82, 2.24) is 4.90 Å². The third-order valence-electron chi connectivity index (χ3n) is 9.25. The van der Waals surface area contributed by atoms with E-state index in [4.69, 9.17) is 4.74 Å². The fourth-order valence-electron chi connectivity index (χ4n) is 7.42. The highest BCUT2D eigenvalue weighted by molar-refractivity contribution is 9.09. The average molecular weight is 655 g/mol. The number of carbonyl (C=O) groups is 3. The van der Waals surface area contributed by atoms with Gasteiger partial charge in [-0.1, -0.05) is 94.8 Å². The van der Waals surface area contributed by atoms with Crippen LogP contribution < -0.4 is 10.6 Å². The summed E-state index contributed by atoms with van der Waals surface area (Å²) in [6, 6.07) is 30.4. The van der Waals surface area contributed by atoms with Crippen molar-refractivity contribution in [1.29, 1.82) is 0 Å². The number of anilines is 2. The zero-order chi connectivity index (χ0) is 30.4. The topological polar surface area (TPSA) is 108 Å². The number of hydrogen-bond acceptors (Lipinski definition) is 5. The molecule has 2 bridgehead atoms. The van der Waals surface area contributed by atoms with E-state index in [9.17, 15) is 19.5 Å². The van der Waals surface area contributed by atoms with Crippen LogP contribution in [0.5, 0.6) is 0 Å². The first-order valence-electron chi connectivity index (χ1n) is 14.8. The molecular weight excluding hydrogens is 622 g/mol. The van der Waals surface area contributed by atoms with Crippen LogP contribution in [0.4, 0.5) is 11.4 Å². The number of fused-ring (bicyclic) bond motifs is 2. The standard InChI is InChI=1S/C35H32BrN3O5/c36-27-19-35-29(28(30(27)44-35)32(41)37-24-13-5-2-6-14-24)34(43)39(26(20-40)17-21-9-3-1-4-10-21)31(35)33(42)38-25-16-15-22-11-7-8-12-23(22)18-25/h1-16,18,26-31,40H,17,19-20H2,(H,37,41)(H,38,42)/t26-,27?,28-,29+,30-,31?,35?/m1/s1. The Morgan fingerprint density at radius 1 is 0.886 bits per heavy atom. The van der Waals surface area contributed by atoms with Gasteiger partial charge in [-0.3, -0.25) is 14.4 Å². The lowest BCUT2D eigenvalue weighted by molar-refractivity contribution is -0.143. The van der Waals surface area contributed by atoms with E-state index in [-0.39, 0.29) is 23.2 Å². The highest BCUT2D eigenvalue weighted by Crippen LogP contribution is 2.60. The number of hydrogen-bond donors (Lipinski definition) is 3. The predicted octanol–water partition coefficient (Wildman–Crippen LogP) is 4.77. The number of likely N-dealkylation sites (tertiary alicyclic amines) is 1. The minimum absolute atomic E-state index is 0.240. The van der Waals surface area contributed by atoms with Gasteiger partial charge in [-0.15, -0.1) is 0 Å². The van der Waals surface area contributed by atoms with Gasteiger partial charge in [0.1, 0.15) is 11.6 Å². The Hall–Kier alpha value is -4.05. The second-order valence-corrected chi connectivity index (χ2v) is 13.0. The van der Waals surface area contributed by atoms with E-state index in [1.807, 2.05) is 91.0 Å². The number of aliphatic hydroxyl groups is 1. The van der Waals surface area contributed by atoms with E-state index in [1.165, 1.54) is 4.90 Å². The number of benzene rings is 4. The van der Waals surface area contributed by atoms with Gasteiger partial charge in [-0.2, -0.15) is 0 Å². The molecule has 3 amide bonds. The van der Waals surface area contributed by atoms with Gasteiger partial charge in [0.15, 0.2) is 0 Å². The minimum atomic E-state index is -1.25. The number of rotatable bonds is 8. The number of nitrogens with zero attached hydrogens (tertiary/aromatic N) is 1. The van der Waals surface area contributed by atoms with Crippen molar-refractivity contribution in [2.75, 3.05) is 17.2 Å². The Kier molecular flexibility index (Phi) is 7.48. The summed E-state index contributed by atoms with van der Waals surface area (Å²) in [6.07, 6.45) is 0.125. The molecule has 3 unspecified atom stereocenters. The largest absolute Gasteiger partial charge is 0.394 e. The van der Waals surface area contributed by atoms with Gasteiger partial charge < -0.3 is 25.4 Å². The van der Waals surface area contributed by atoms with E-state index in [1.54, 1.807) is 12.1 Å². The maximum absolute atomic E-state index is 14.5. The molecule has 0 radical (unpaired) electrons. The third kappa shape index (κ3) is 4.80. The van der Waals surface area contributed by atoms with Gasteiger partial charge in [-0.05, 0) is 53.4 Å². The Bertz CT molecular complexity index is 1720. The molecule has 8 nitrogen and oxygen atoms in total. The maximum Gasteiger partial charge on any atom is 0.250 e. The van der Waals surface area contributed by atoms with Crippen LogP contribution in [0.3, 0.4) is 0 Å². The number of ether oxygens (including phenoxy) is 1. The van der Waals surface area contributed by atoms with E-state index in [2.05, 4.69) is 26.6 Å². The fourth-order valence-corrected chi connectivity index (χ4v) is 8.36. The van der Waals surface area contributed by atoms with E-state index >= 15 is 0 Å². The monoisotopic (exact) mass is 653 g/mol. The van der Waals surface area contributed by atoms with Crippen LogP contribution in [0.15, 0.2) is 103 Å². The molecule has 3 fully saturated rings. The highest BCUT2D eigenvalue weighted by Gasteiger charge is 2.77. The van der Waals surface area contributed by atoms with E-state index in [0.717, 1.165) is 16.3 Å². The van der Waals surface area contributed by atoms with Crippen LogP contribution in [-0.2, 0) is 25.5 Å². The molecule has 3 saturated heterocycles. The number of nitrogens with one attached hydrogen (secondary N) is 2. The molecule has 7 atom stereocenters. The van der Waals surface area contributed by atoms with Crippen molar-refractivity contribution in [3.63, 3.8) is 0 Å². The van der Waals surface area contributed by atoms with Crippen LogP contribution in [0.25, 0.3) is 10.8 Å². The number of para-hydroxylation sites is 1. The van der Waals surface area contributed by atoms with Crippen LogP contribution in [0, 0.1) is 11.8 Å². The molecule has 44 heavy (non-hydrogen) atoms. The molecule has 7 rings (SSSR count). The van der Waals surface area contributed by atoms with Gasteiger partial charge in [0.2, 0.25) is 17.7 Å². The van der Waals surface area contributed by atoms with Gasteiger partial charge in [0, 0.05) is 16.2 Å². The molecule has 4 aromatic rings. The van der Waals surface area contributed by atoms with Gasteiger partial charge in [-0.25, -0.2) is 0 Å². The zero-order valence-corrected chi connectivity index (χ0v) is 25.4. The minimum Gasteiger partial charge on any atom is -0.394 e. The number of aliphatic hydroxyl groups excluding tert-OH is 1.